The number of hydrogen-bond donors (Lipinski definition) is 1. The molecule has 1 aromatic rings. The van der Waals surface area contributed by atoms with Crippen molar-refractivity contribution in [2.75, 3.05) is 0 Å². The van der Waals surface area contributed by atoms with E-state index in [0.29, 0.717) is 17.4 Å². The molecule has 0 atom stereocenters. The number of esters is 1. The monoisotopic (exact) mass is 248 g/mol. The van der Waals surface area contributed by atoms with E-state index in [-0.39, 0.29) is 5.75 Å². The van der Waals surface area contributed by atoms with Crippen LogP contribution in [0.1, 0.15) is 36.7 Å². The molecule has 18 heavy (non-hydrogen) atoms. The van der Waals surface area contributed by atoms with Gasteiger partial charge in [-0.15, -0.1) is 0 Å². The van der Waals surface area contributed by atoms with Crippen molar-refractivity contribution in [3.63, 3.8) is 0 Å². The van der Waals surface area contributed by atoms with E-state index in [4.69, 9.17) is 4.74 Å². The molecule has 0 unspecified atom stereocenters. The summed E-state index contributed by atoms with van der Waals surface area (Å²) >= 11 is 0. The molecule has 0 radical (unpaired) electrons. The van der Waals surface area contributed by atoms with Gasteiger partial charge in [-0.3, -0.25) is 4.79 Å². The van der Waals surface area contributed by atoms with Gasteiger partial charge in [-0.25, -0.2) is 4.79 Å². The molecule has 4 nitrogen and oxygen atoms in total. The van der Waals surface area contributed by atoms with Crippen LogP contribution in [0.15, 0.2) is 24.3 Å². The van der Waals surface area contributed by atoms with Gasteiger partial charge in [0.25, 0.3) is 0 Å². The smallest absolute Gasteiger partial charge is 0.331 e. The van der Waals surface area contributed by atoms with Gasteiger partial charge in [0.1, 0.15) is 11.4 Å². The lowest BCUT2D eigenvalue weighted by molar-refractivity contribution is -0.148. The normalized spacial score (nSPS) is 11.5. The summed E-state index contributed by atoms with van der Waals surface area (Å²) in [5.41, 5.74) is 0.313. The zero-order valence-corrected chi connectivity index (χ0v) is 10.6. The average molecular weight is 248 g/mol. The Morgan fingerprint density at radius 2 is 1.94 bits per heavy atom. The number of rotatable bonds is 3. The Kier molecular flexibility index (Phi) is 4.26. The largest absolute Gasteiger partial charge is 0.508 e. The first-order valence-corrected chi connectivity index (χ1v) is 5.51. The number of hydrogen-bond acceptors (Lipinski definition) is 4. The van der Waals surface area contributed by atoms with Crippen LogP contribution in [0.4, 0.5) is 0 Å². The Labute approximate surface area is 106 Å². The fourth-order valence-electron chi connectivity index (χ4n) is 1.31. The second kappa shape index (κ2) is 5.49. The molecular weight excluding hydrogens is 232 g/mol. The molecule has 1 N–H and O–H groups in total. The highest BCUT2D eigenvalue weighted by molar-refractivity contribution is 5.90. The molecule has 0 bridgehead atoms. The molecule has 0 amide bonds. The molecule has 4 heteroatoms. The molecule has 0 fully saturated rings. The van der Waals surface area contributed by atoms with Gasteiger partial charge in [-0.05, 0) is 44.5 Å². The number of ether oxygens (including phenoxy) is 1. The van der Waals surface area contributed by atoms with Crippen molar-refractivity contribution in [3.8, 4) is 5.75 Å². The minimum atomic E-state index is -0.552. The quantitative estimate of drug-likeness (QED) is 0.507. The first kappa shape index (κ1) is 14.0. The number of phenols is 1. The number of phenolic OH excluding ortho intramolecular Hbond substituents is 1. The van der Waals surface area contributed by atoms with Gasteiger partial charge in [0.15, 0.2) is 6.29 Å². The van der Waals surface area contributed by atoms with Crippen molar-refractivity contribution in [1.29, 1.82) is 0 Å². The van der Waals surface area contributed by atoms with Crippen LogP contribution in [0.25, 0.3) is 6.08 Å². The predicted octanol–water partition coefficient (Wildman–Crippen LogP) is 2.56. The topological polar surface area (TPSA) is 63.6 Å². The van der Waals surface area contributed by atoms with Crippen LogP contribution in [0.5, 0.6) is 5.75 Å². The van der Waals surface area contributed by atoms with Crippen LogP contribution in [0.2, 0.25) is 0 Å². The van der Waals surface area contributed by atoms with Crippen LogP contribution in [-0.2, 0) is 9.53 Å². The van der Waals surface area contributed by atoms with Gasteiger partial charge in [0, 0.05) is 11.6 Å². The zero-order valence-electron chi connectivity index (χ0n) is 10.6. The van der Waals surface area contributed by atoms with Gasteiger partial charge < -0.3 is 9.84 Å². The Hall–Kier alpha value is -2.10. The van der Waals surface area contributed by atoms with Gasteiger partial charge in [-0.1, -0.05) is 6.07 Å². The van der Waals surface area contributed by atoms with Crippen LogP contribution < -0.4 is 0 Å². The lowest BCUT2D eigenvalue weighted by Crippen LogP contribution is -2.22. The van der Waals surface area contributed by atoms with E-state index in [9.17, 15) is 14.7 Å². The average Bonchev–Trinajstić information content (AvgIpc) is 2.24. The summed E-state index contributed by atoms with van der Waals surface area (Å²) in [6.45, 7) is 5.32. The van der Waals surface area contributed by atoms with Crippen LogP contribution in [0, 0.1) is 0 Å². The highest BCUT2D eigenvalue weighted by Gasteiger charge is 2.13. The van der Waals surface area contributed by atoms with Crippen molar-refractivity contribution >= 4 is 18.3 Å². The maximum Gasteiger partial charge on any atom is 0.331 e. The maximum absolute atomic E-state index is 11.5. The molecule has 0 saturated heterocycles. The zero-order chi connectivity index (χ0) is 13.8. The van der Waals surface area contributed by atoms with E-state index in [0.717, 1.165) is 0 Å². The molecule has 0 aliphatic heterocycles. The standard InChI is InChI=1S/C14H16O4/c1-14(2,3)18-13(17)7-5-10-4-6-12(16)8-11(10)9-15/h4-9,16H,1-3H3/b7-5+. The number of carbonyl (C=O) groups excluding carboxylic acids is 2. The molecule has 0 saturated carbocycles. The summed E-state index contributed by atoms with van der Waals surface area (Å²) in [5, 5.41) is 9.22. The van der Waals surface area contributed by atoms with Gasteiger partial charge in [0.05, 0.1) is 0 Å². The minimum Gasteiger partial charge on any atom is -0.508 e. The summed E-state index contributed by atoms with van der Waals surface area (Å²) in [6, 6.07) is 4.34. The summed E-state index contributed by atoms with van der Waals surface area (Å²) in [6.07, 6.45) is 3.36. The van der Waals surface area contributed by atoms with E-state index in [2.05, 4.69) is 0 Å². The van der Waals surface area contributed by atoms with E-state index < -0.39 is 11.6 Å². The van der Waals surface area contributed by atoms with Gasteiger partial charge >= 0.3 is 5.97 Å². The maximum atomic E-state index is 11.5. The summed E-state index contributed by atoms with van der Waals surface area (Å²) in [4.78, 5) is 22.2. The van der Waals surface area contributed by atoms with Crippen molar-refractivity contribution < 1.29 is 19.4 Å². The van der Waals surface area contributed by atoms with Crippen molar-refractivity contribution in [2.24, 2.45) is 0 Å². The van der Waals surface area contributed by atoms with Crippen molar-refractivity contribution in [3.05, 3.63) is 35.4 Å². The third kappa shape index (κ3) is 4.41. The molecule has 0 aliphatic carbocycles. The third-order valence-electron chi connectivity index (χ3n) is 2.00. The molecule has 0 aliphatic rings. The highest BCUT2D eigenvalue weighted by Crippen LogP contribution is 2.16. The number of aldehydes is 1. The fourth-order valence-corrected chi connectivity index (χ4v) is 1.31. The number of benzene rings is 1. The highest BCUT2D eigenvalue weighted by atomic mass is 16.6. The second-order valence-corrected chi connectivity index (χ2v) is 4.80. The van der Waals surface area contributed by atoms with Crippen LogP contribution in [-0.4, -0.2) is 23.0 Å². The second-order valence-electron chi connectivity index (χ2n) is 4.80. The molecule has 0 heterocycles. The Balaban J connectivity index is 2.84. The summed E-state index contributed by atoms with van der Waals surface area (Å²) in [7, 11) is 0. The van der Waals surface area contributed by atoms with Crippen molar-refractivity contribution in [2.45, 2.75) is 26.4 Å². The van der Waals surface area contributed by atoms with Crippen LogP contribution >= 0.6 is 0 Å². The van der Waals surface area contributed by atoms with E-state index in [1.54, 1.807) is 26.8 Å². The molecule has 0 aromatic heterocycles. The lowest BCUT2D eigenvalue weighted by Gasteiger charge is -2.17. The number of carbonyl (C=O) groups is 2. The number of aromatic hydroxyl groups is 1. The SMILES string of the molecule is CC(C)(C)OC(=O)/C=C/c1ccc(O)cc1C=O. The molecule has 1 rings (SSSR count). The Morgan fingerprint density at radius 3 is 2.50 bits per heavy atom. The Bertz CT molecular complexity index is 481. The first-order chi connectivity index (χ1) is 8.31. The van der Waals surface area contributed by atoms with Gasteiger partial charge in [-0.2, -0.15) is 0 Å². The molecule has 1 aromatic carbocycles. The van der Waals surface area contributed by atoms with E-state index in [1.807, 2.05) is 0 Å². The first-order valence-electron chi connectivity index (χ1n) is 5.51. The summed E-state index contributed by atoms with van der Waals surface area (Å²) in [5.74, 6) is -0.473. The molecule has 96 valence electrons. The molecule has 0 spiro atoms. The summed E-state index contributed by atoms with van der Waals surface area (Å²) < 4.78 is 5.09. The van der Waals surface area contributed by atoms with Gasteiger partial charge in [0.2, 0.25) is 0 Å². The minimum absolute atomic E-state index is 0.00604. The third-order valence-corrected chi connectivity index (χ3v) is 2.00. The predicted molar refractivity (Wildman–Crippen MR) is 68.4 cm³/mol. The molecular formula is C14H16O4. The van der Waals surface area contributed by atoms with E-state index >= 15 is 0 Å². The Morgan fingerprint density at radius 1 is 1.28 bits per heavy atom. The lowest BCUT2D eigenvalue weighted by atomic mass is 10.1. The van der Waals surface area contributed by atoms with Crippen LogP contribution in [0.3, 0.4) is 0 Å². The van der Waals surface area contributed by atoms with E-state index in [1.165, 1.54) is 24.3 Å². The fraction of sp³-hybridized carbons (Fsp3) is 0.286. The van der Waals surface area contributed by atoms with Crippen molar-refractivity contribution in [1.82, 2.24) is 0 Å².